The SMILES string of the molecule is CC12CCC(C3=NN4CCCN=C4N=C31)C2(C)C. The van der Waals surface area contributed by atoms with E-state index in [2.05, 4.69) is 25.8 Å². The molecule has 96 valence electrons. The molecule has 2 atom stereocenters. The van der Waals surface area contributed by atoms with Gasteiger partial charge in [-0.15, -0.1) is 0 Å². The van der Waals surface area contributed by atoms with Gasteiger partial charge in [0.25, 0.3) is 0 Å². The minimum absolute atomic E-state index is 0.197. The first-order chi connectivity index (χ1) is 8.54. The summed E-state index contributed by atoms with van der Waals surface area (Å²) in [6, 6.07) is 0. The molecule has 0 radical (unpaired) electrons. The predicted octanol–water partition coefficient (Wildman–Crippen LogP) is 2.31. The highest BCUT2D eigenvalue weighted by atomic mass is 15.5. The van der Waals surface area contributed by atoms with E-state index in [9.17, 15) is 0 Å². The van der Waals surface area contributed by atoms with Crippen LogP contribution >= 0.6 is 0 Å². The number of hydrogen-bond acceptors (Lipinski definition) is 4. The Bertz CT molecular complexity index is 514. The maximum absolute atomic E-state index is 4.88. The van der Waals surface area contributed by atoms with Crippen LogP contribution < -0.4 is 0 Å². The Morgan fingerprint density at radius 1 is 1.28 bits per heavy atom. The molecule has 2 bridgehead atoms. The molecule has 2 aliphatic carbocycles. The number of fused-ring (bicyclic) bond motifs is 6. The average Bonchev–Trinajstić information content (AvgIpc) is 2.68. The summed E-state index contributed by atoms with van der Waals surface area (Å²) in [5.41, 5.74) is 2.98. The molecular formula is C14H20N4. The molecule has 0 spiro atoms. The van der Waals surface area contributed by atoms with Crippen LogP contribution in [-0.2, 0) is 0 Å². The first kappa shape index (κ1) is 10.7. The van der Waals surface area contributed by atoms with Crippen LogP contribution in [0, 0.1) is 16.7 Å². The summed E-state index contributed by atoms with van der Waals surface area (Å²) in [5, 5.41) is 6.89. The number of rotatable bonds is 0. The summed E-state index contributed by atoms with van der Waals surface area (Å²) >= 11 is 0. The molecule has 2 unspecified atom stereocenters. The van der Waals surface area contributed by atoms with Crippen LogP contribution in [0.2, 0.25) is 0 Å². The number of nitrogens with zero attached hydrogens (tertiary/aromatic N) is 4. The summed E-state index contributed by atoms with van der Waals surface area (Å²) in [7, 11) is 0. The van der Waals surface area contributed by atoms with Crippen LogP contribution in [-0.4, -0.2) is 35.5 Å². The van der Waals surface area contributed by atoms with Gasteiger partial charge < -0.3 is 0 Å². The lowest BCUT2D eigenvalue weighted by atomic mass is 9.70. The summed E-state index contributed by atoms with van der Waals surface area (Å²) in [5.74, 6) is 1.44. The lowest BCUT2D eigenvalue weighted by Gasteiger charge is -2.35. The Hall–Kier alpha value is -1.19. The third-order valence-corrected chi connectivity index (χ3v) is 5.77. The molecule has 0 aromatic rings. The van der Waals surface area contributed by atoms with Crippen LogP contribution in [0.3, 0.4) is 0 Å². The van der Waals surface area contributed by atoms with E-state index in [0.29, 0.717) is 11.3 Å². The van der Waals surface area contributed by atoms with Crippen molar-refractivity contribution in [1.82, 2.24) is 5.01 Å². The van der Waals surface area contributed by atoms with Crippen molar-refractivity contribution in [2.24, 2.45) is 31.8 Å². The van der Waals surface area contributed by atoms with Gasteiger partial charge in [0.2, 0.25) is 5.96 Å². The van der Waals surface area contributed by atoms with E-state index in [0.717, 1.165) is 25.5 Å². The zero-order valence-electron chi connectivity index (χ0n) is 11.4. The third kappa shape index (κ3) is 1.01. The summed E-state index contributed by atoms with van der Waals surface area (Å²) in [6.45, 7) is 9.01. The lowest BCUT2D eigenvalue weighted by Crippen LogP contribution is -2.42. The Labute approximate surface area is 108 Å². The highest BCUT2D eigenvalue weighted by molar-refractivity contribution is 6.50. The standard InChI is InChI=1S/C14H20N4/c1-13(2)9-5-6-14(13,3)11-10(9)17-18-8-4-7-15-12(18)16-11/h9H,4-8H2,1-3H3. The third-order valence-electron chi connectivity index (χ3n) is 5.77. The molecular weight excluding hydrogens is 224 g/mol. The van der Waals surface area contributed by atoms with E-state index < -0.39 is 0 Å². The number of guanidine groups is 1. The van der Waals surface area contributed by atoms with Gasteiger partial charge in [-0.2, -0.15) is 5.10 Å². The fourth-order valence-electron chi connectivity index (χ4n) is 4.15. The molecule has 2 aliphatic heterocycles. The highest BCUT2D eigenvalue weighted by Gasteiger charge is 2.64. The molecule has 0 aromatic heterocycles. The molecule has 0 amide bonds. The summed E-state index contributed by atoms with van der Waals surface area (Å²) < 4.78 is 0. The maximum Gasteiger partial charge on any atom is 0.241 e. The first-order valence-corrected chi connectivity index (χ1v) is 7.04. The van der Waals surface area contributed by atoms with Gasteiger partial charge >= 0.3 is 0 Å². The monoisotopic (exact) mass is 244 g/mol. The van der Waals surface area contributed by atoms with Crippen LogP contribution in [0.15, 0.2) is 15.1 Å². The molecule has 2 saturated carbocycles. The molecule has 18 heavy (non-hydrogen) atoms. The predicted molar refractivity (Wildman–Crippen MR) is 73.1 cm³/mol. The highest BCUT2D eigenvalue weighted by Crippen LogP contribution is 2.63. The second-order valence-electron chi connectivity index (χ2n) is 6.75. The Morgan fingerprint density at radius 3 is 2.94 bits per heavy atom. The molecule has 4 heteroatoms. The quantitative estimate of drug-likeness (QED) is 0.644. The van der Waals surface area contributed by atoms with Gasteiger partial charge in [0.15, 0.2) is 0 Å². The van der Waals surface area contributed by atoms with E-state index in [1.54, 1.807) is 0 Å². The van der Waals surface area contributed by atoms with E-state index in [1.165, 1.54) is 24.3 Å². The smallest absolute Gasteiger partial charge is 0.241 e. The molecule has 2 heterocycles. The van der Waals surface area contributed by atoms with Crippen molar-refractivity contribution in [2.75, 3.05) is 13.1 Å². The second kappa shape index (κ2) is 3.03. The molecule has 4 nitrogen and oxygen atoms in total. The van der Waals surface area contributed by atoms with Crippen molar-refractivity contribution in [1.29, 1.82) is 0 Å². The minimum Gasteiger partial charge on any atom is -0.250 e. The summed E-state index contributed by atoms with van der Waals surface area (Å²) in [6.07, 6.45) is 3.61. The fourth-order valence-corrected chi connectivity index (χ4v) is 4.15. The van der Waals surface area contributed by atoms with Crippen molar-refractivity contribution < 1.29 is 0 Å². The number of hydrazone groups is 1. The summed E-state index contributed by atoms with van der Waals surface area (Å²) in [4.78, 5) is 9.40. The van der Waals surface area contributed by atoms with Crippen molar-refractivity contribution in [3.05, 3.63) is 0 Å². The Morgan fingerprint density at radius 2 is 2.11 bits per heavy atom. The normalized spacial score (nSPS) is 39.8. The molecule has 4 rings (SSSR count). The molecule has 2 fully saturated rings. The van der Waals surface area contributed by atoms with Crippen molar-refractivity contribution in [3.63, 3.8) is 0 Å². The van der Waals surface area contributed by atoms with Crippen molar-refractivity contribution >= 4 is 17.4 Å². The zero-order chi connectivity index (χ0) is 12.5. The van der Waals surface area contributed by atoms with Crippen LogP contribution in [0.5, 0.6) is 0 Å². The second-order valence-corrected chi connectivity index (χ2v) is 6.75. The van der Waals surface area contributed by atoms with Crippen LogP contribution in [0.25, 0.3) is 0 Å². The van der Waals surface area contributed by atoms with Gasteiger partial charge in [-0.05, 0) is 24.7 Å². The van der Waals surface area contributed by atoms with E-state index in [-0.39, 0.29) is 5.41 Å². The van der Waals surface area contributed by atoms with Gasteiger partial charge in [0, 0.05) is 24.4 Å². The largest absolute Gasteiger partial charge is 0.250 e. The average molecular weight is 244 g/mol. The van der Waals surface area contributed by atoms with Crippen LogP contribution in [0.1, 0.15) is 40.0 Å². The topological polar surface area (TPSA) is 40.3 Å². The molecule has 4 aliphatic rings. The van der Waals surface area contributed by atoms with Crippen LogP contribution in [0.4, 0.5) is 0 Å². The molecule has 0 aromatic carbocycles. The van der Waals surface area contributed by atoms with Crippen molar-refractivity contribution in [2.45, 2.75) is 40.0 Å². The minimum atomic E-state index is 0.197. The Balaban J connectivity index is 1.89. The van der Waals surface area contributed by atoms with Crippen molar-refractivity contribution in [3.8, 4) is 0 Å². The Kier molecular flexibility index (Phi) is 1.80. The van der Waals surface area contributed by atoms with E-state index in [1.807, 2.05) is 5.01 Å². The zero-order valence-corrected chi connectivity index (χ0v) is 11.4. The maximum atomic E-state index is 4.88. The number of aliphatic imine (C=N–C) groups is 2. The van der Waals surface area contributed by atoms with E-state index >= 15 is 0 Å². The van der Waals surface area contributed by atoms with Gasteiger partial charge in [0.05, 0.1) is 11.4 Å². The lowest BCUT2D eigenvalue weighted by molar-refractivity contribution is 0.208. The first-order valence-electron chi connectivity index (χ1n) is 7.04. The molecule has 0 saturated heterocycles. The van der Waals surface area contributed by atoms with Gasteiger partial charge in [-0.1, -0.05) is 20.8 Å². The van der Waals surface area contributed by atoms with Gasteiger partial charge in [-0.3, -0.25) is 0 Å². The van der Waals surface area contributed by atoms with Gasteiger partial charge in [-0.25, -0.2) is 15.0 Å². The van der Waals surface area contributed by atoms with Gasteiger partial charge in [0.1, 0.15) is 0 Å². The van der Waals surface area contributed by atoms with E-state index in [4.69, 9.17) is 10.1 Å². The molecule has 0 N–H and O–H groups in total. The fraction of sp³-hybridized carbons (Fsp3) is 0.786. The number of hydrogen-bond donors (Lipinski definition) is 0.